The van der Waals surface area contributed by atoms with E-state index in [9.17, 15) is 20.4 Å². The highest BCUT2D eigenvalue weighted by atomic mass is 16.3. The third-order valence-corrected chi connectivity index (χ3v) is 6.68. The summed E-state index contributed by atoms with van der Waals surface area (Å²) in [5.41, 5.74) is 7.46. The zero-order valence-corrected chi connectivity index (χ0v) is 21.3. The number of hydrogen-bond donors (Lipinski definition) is 4. The third kappa shape index (κ3) is 7.15. The molecule has 194 valence electrons. The highest BCUT2D eigenvalue weighted by Gasteiger charge is 2.21. The first kappa shape index (κ1) is 27.2. The van der Waals surface area contributed by atoms with Crippen LogP contribution in [0.3, 0.4) is 0 Å². The van der Waals surface area contributed by atoms with E-state index < -0.39 is 0 Å². The molecule has 0 aromatic heterocycles. The van der Waals surface area contributed by atoms with E-state index >= 15 is 0 Å². The van der Waals surface area contributed by atoms with Crippen molar-refractivity contribution in [2.24, 2.45) is 0 Å². The molecule has 0 aliphatic carbocycles. The predicted molar refractivity (Wildman–Crippen MR) is 153 cm³/mol. The van der Waals surface area contributed by atoms with Gasteiger partial charge in [0.2, 0.25) is 0 Å². The summed E-state index contributed by atoms with van der Waals surface area (Å²) in [5.74, 6) is -0.184. The monoisotopic (exact) mass is 506 g/mol. The zero-order chi connectivity index (χ0) is 26.7. The Bertz CT molecular complexity index is 1280. The zero-order valence-electron chi connectivity index (χ0n) is 21.3. The van der Waals surface area contributed by atoms with Gasteiger partial charge in [-0.15, -0.1) is 0 Å². The molecule has 0 saturated carbocycles. The fourth-order valence-electron chi connectivity index (χ4n) is 4.69. The van der Waals surface area contributed by atoms with Gasteiger partial charge in [-0.2, -0.15) is 0 Å². The van der Waals surface area contributed by atoms with E-state index in [1.165, 1.54) is 0 Å². The average molecular weight is 507 g/mol. The minimum absolute atomic E-state index is 0.0180. The molecule has 0 spiro atoms. The average Bonchev–Trinajstić information content (AvgIpc) is 2.99. The summed E-state index contributed by atoms with van der Waals surface area (Å²) in [6.45, 7) is -0.125. The van der Waals surface area contributed by atoms with Gasteiger partial charge in [-0.3, -0.25) is 0 Å². The van der Waals surface area contributed by atoms with Crippen LogP contribution in [0.4, 0.5) is 0 Å². The number of aliphatic hydroxyl groups is 4. The second-order valence-electron chi connectivity index (χ2n) is 9.38. The fraction of sp³-hybridized carbons (Fsp3) is 0.176. The molecule has 4 aromatic carbocycles. The third-order valence-electron chi connectivity index (χ3n) is 6.68. The molecule has 2 atom stereocenters. The van der Waals surface area contributed by atoms with Crippen LogP contribution in [0.5, 0.6) is 0 Å². The van der Waals surface area contributed by atoms with Crippen molar-refractivity contribution in [3.05, 3.63) is 154 Å². The molecule has 0 amide bonds. The van der Waals surface area contributed by atoms with Gasteiger partial charge in [-0.05, 0) is 56.6 Å². The number of hydrogen-bond acceptors (Lipinski definition) is 4. The van der Waals surface area contributed by atoms with Gasteiger partial charge in [0, 0.05) is 11.8 Å². The summed E-state index contributed by atoms with van der Waals surface area (Å²) in [6.07, 6.45) is 8.46. The molecule has 4 nitrogen and oxygen atoms in total. The van der Waals surface area contributed by atoms with Crippen molar-refractivity contribution in [2.45, 2.75) is 38.3 Å². The van der Waals surface area contributed by atoms with Crippen molar-refractivity contribution >= 4 is 12.2 Å². The lowest BCUT2D eigenvalue weighted by Crippen LogP contribution is -2.09. The van der Waals surface area contributed by atoms with Gasteiger partial charge in [0.05, 0.1) is 26.4 Å². The number of allylic oxidation sites excluding steroid dienone is 2. The molecule has 0 bridgehead atoms. The normalized spacial score (nSPS) is 13.3. The first-order valence-electron chi connectivity index (χ1n) is 12.8. The first-order chi connectivity index (χ1) is 18.6. The molecule has 0 unspecified atom stereocenters. The van der Waals surface area contributed by atoms with Crippen LogP contribution in [-0.2, 0) is 26.4 Å². The molecule has 4 N–H and O–H groups in total. The van der Waals surface area contributed by atoms with Crippen molar-refractivity contribution in [2.75, 3.05) is 0 Å². The fourth-order valence-corrected chi connectivity index (χ4v) is 4.69. The summed E-state index contributed by atoms with van der Waals surface area (Å²) in [6, 6.07) is 31.6. The molecule has 4 aromatic rings. The SMILES string of the molecule is OCc1cccc(/C=C/[C@H](c2cccc(CO)c2)[C@@H](/C=C/c2cccc(CO)c2)c2cccc(CO)c2)c1. The van der Waals surface area contributed by atoms with E-state index in [1.807, 2.05) is 84.9 Å². The predicted octanol–water partition coefficient (Wildman–Crippen LogP) is 5.95. The summed E-state index contributed by atoms with van der Waals surface area (Å²) < 4.78 is 0. The molecule has 0 saturated heterocycles. The van der Waals surface area contributed by atoms with Crippen molar-refractivity contribution in [3.8, 4) is 0 Å². The van der Waals surface area contributed by atoms with E-state index in [2.05, 4.69) is 36.4 Å². The lowest BCUT2D eigenvalue weighted by molar-refractivity contribution is 0.281. The molecule has 0 aliphatic rings. The molecule has 0 aliphatic heterocycles. The van der Waals surface area contributed by atoms with Crippen LogP contribution in [-0.4, -0.2) is 20.4 Å². The van der Waals surface area contributed by atoms with Crippen LogP contribution < -0.4 is 0 Å². The van der Waals surface area contributed by atoms with Crippen molar-refractivity contribution in [1.29, 1.82) is 0 Å². The maximum atomic E-state index is 9.83. The smallest absolute Gasteiger partial charge is 0.0682 e. The van der Waals surface area contributed by atoms with Crippen LogP contribution in [0.2, 0.25) is 0 Å². The van der Waals surface area contributed by atoms with E-state index in [4.69, 9.17) is 0 Å². The summed E-state index contributed by atoms with van der Waals surface area (Å²) in [4.78, 5) is 0. The summed E-state index contributed by atoms with van der Waals surface area (Å²) in [7, 11) is 0. The highest BCUT2D eigenvalue weighted by Crippen LogP contribution is 2.37. The minimum Gasteiger partial charge on any atom is -0.392 e. The van der Waals surface area contributed by atoms with Crippen LogP contribution >= 0.6 is 0 Å². The minimum atomic E-state index is -0.0921. The van der Waals surface area contributed by atoms with Crippen LogP contribution in [0, 0.1) is 0 Å². The topological polar surface area (TPSA) is 80.9 Å². The van der Waals surface area contributed by atoms with Crippen molar-refractivity contribution in [1.82, 2.24) is 0 Å². The van der Waals surface area contributed by atoms with Gasteiger partial charge in [-0.1, -0.05) is 109 Å². The van der Waals surface area contributed by atoms with Gasteiger partial charge >= 0.3 is 0 Å². The Morgan fingerprint density at radius 2 is 0.789 bits per heavy atom. The second-order valence-corrected chi connectivity index (χ2v) is 9.38. The van der Waals surface area contributed by atoms with E-state index in [0.29, 0.717) is 0 Å². The first-order valence-corrected chi connectivity index (χ1v) is 12.8. The lowest BCUT2D eigenvalue weighted by atomic mass is 9.79. The van der Waals surface area contributed by atoms with Crippen molar-refractivity contribution in [3.63, 3.8) is 0 Å². The van der Waals surface area contributed by atoms with E-state index in [-0.39, 0.29) is 38.3 Å². The Morgan fingerprint density at radius 1 is 0.447 bits per heavy atom. The summed E-state index contributed by atoms with van der Waals surface area (Å²) >= 11 is 0. The van der Waals surface area contributed by atoms with Gasteiger partial charge in [0.15, 0.2) is 0 Å². The van der Waals surface area contributed by atoms with Crippen LogP contribution in [0.1, 0.15) is 56.3 Å². The Morgan fingerprint density at radius 3 is 1.16 bits per heavy atom. The van der Waals surface area contributed by atoms with Gasteiger partial charge in [0.25, 0.3) is 0 Å². The molecule has 0 fully saturated rings. The molecule has 0 heterocycles. The lowest BCUT2D eigenvalue weighted by Gasteiger charge is -2.24. The van der Waals surface area contributed by atoms with E-state index in [1.54, 1.807) is 0 Å². The van der Waals surface area contributed by atoms with Crippen molar-refractivity contribution < 1.29 is 20.4 Å². The molecule has 4 heteroatoms. The Labute approximate surface area is 224 Å². The number of benzene rings is 4. The largest absolute Gasteiger partial charge is 0.392 e. The maximum Gasteiger partial charge on any atom is 0.0682 e. The van der Waals surface area contributed by atoms with E-state index in [0.717, 1.165) is 44.5 Å². The number of rotatable bonds is 11. The second kappa shape index (κ2) is 13.7. The molecule has 4 rings (SSSR count). The summed E-state index contributed by atoms with van der Waals surface area (Å²) in [5, 5.41) is 38.8. The number of aliphatic hydroxyl groups excluding tert-OH is 4. The maximum absolute atomic E-state index is 9.83. The highest BCUT2D eigenvalue weighted by molar-refractivity contribution is 5.56. The Hall–Kier alpha value is -3.80. The molecule has 0 radical (unpaired) electrons. The van der Waals surface area contributed by atoms with Gasteiger partial charge in [0.1, 0.15) is 0 Å². The Balaban J connectivity index is 1.84. The standard InChI is InChI=1S/C34H34O4/c35-21-27-7-1-5-25(17-27)13-15-33(31-11-3-9-29(19-31)23-37)34(32-12-4-10-30(20-32)24-38)16-14-26-6-2-8-28(18-26)22-36/h1-20,33-38H,21-24H2/b15-13+,16-14+/t33-,34+. The van der Waals surface area contributed by atoms with Crippen LogP contribution in [0.25, 0.3) is 12.2 Å². The molecular formula is C34H34O4. The molecular weight excluding hydrogens is 472 g/mol. The van der Waals surface area contributed by atoms with Crippen LogP contribution in [0.15, 0.2) is 109 Å². The Kier molecular flexibility index (Phi) is 9.79. The van der Waals surface area contributed by atoms with Gasteiger partial charge in [-0.25, -0.2) is 0 Å². The van der Waals surface area contributed by atoms with Gasteiger partial charge < -0.3 is 20.4 Å². The quantitative estimate of drug-likeness (QED) is 0.203. The molecule has 38 heavy (non-hydrogen) atoms.